The van der Waals surface area contributed by atoms with Crippen molar-refractivity contribution in [2.75, 3.05) is 22.5 Å². The van der Waals surface area contributed by atoms with Crippen LogP contribution >= 0.6 is 39.0 Å². The standard InChI is InChI=1S/C9H10BrN3O3S2/c10-2-5-1-6(14)13(3-5)8-11-12-9(18-8)17-4-7(15)16/h5H,1-4H2,(H,15,16). The minimum atomic E-state index is -0.895. The number of carbonyl (C=O) groups is 2. The van der Waals surface area contributed by atoms with Crippen LogP contribution in [0.15, 0.2) is 4.34 Å². The number of halogens is 1. The van der Waals surface area contributed by atoms with Crippen LogP contribution in [0, 0.1) is 5.92 Å². The van der Waals surface area contributed by atoms with E-state index in [0.29, 0.717) is 28.4 Å². The van der Waals surface area contributed by atoms with E-state index in [-0.39, 0.29) is 11.7 Å². The van der Waals surface area contributed by atoms with Crippen molar-refractivity contribution in [3.05, 3.63) is 0 Å². The molecule has 1 unspecified atom stereocenters. The van der Waals surface area contributed by atoms with Gasteiger partial charge in [0.05, 0.1) is 5.75 Å². The zero-order chi connectivity index (χ0) is 13.1. The average molecular weight is 352 g/mol. The second kappa shape index (κ2) is 5.98. The summed E-state index contributed by atoms with van der Waals surface area (Å²) in [5.74, 6) is -0.595. The third kappa shape index (κ3) is 3.21. The molecule has 1 aromatic heterocycles. The number of hydrogen-bond donors (Lipinski definition) is 1. The molecule has 1 atom stereocenters. The van der Waals surface area contributed by atoms with Crippen LogP contribution in [0.2, 0.25) is 0 Å². The van der Waals surface area contributed by atoms with Crippen LogP contribution in [0.5, 0.6) is 0 Å². The molecule has 6 nitrogen and oxygen atoms in total. The molecule has 2 rings (SSSR count). The van der Waals surface area contributed by atoms with Crippen LogP contribution in [-0.2, 0) is 9.59 Å². The second-order valence-corrected chi connectivity index (χ2v) is 6.59. The SMILES string of the molecule is O=C(O)CSc1nnc(N2CC(CBr)CC2=O)s1. The van der Waals surface area contributed by atoms with Crippen LogP contribution in [0.4, 0.5) is 5.13 Å². The fourth-order valence-corrected chi connectivity index (χ4v) is 3.58. The van der Waals surface area contributed by atoms with Gasteiger partial charge in [0.15, 0.2) is 4.34 Å². The van der Waals surface area contributed by atoms with E-state index in [4.69, 9.17) is 5.11 Å². The highest BCUT2D eigenvalue weighted by Crippen LogP contribution is 2.32. The maximum Gasteiger partial charge on any atom is 0.313 e. The molecule has 0 bridgehead atoms. The van der Waals surface area contributed by atoms with Gasteiger partial charge in [-0.3, -0.25) is 14.5 Å². The minimum absolute atomic E-state index is 0.0467. The van der Waals surface area contributed by atoms with E-state index in [1.807, 2.05) is 0 Å². The number of carboxylic acids is 1. The Bertz CT molecular complexity index is 468. The molecule has 0 radical (unpaired) electrons. The van der Waals surface area contributed by atoms with Gasteiger partial charge >= 0.3 is 5.97 Å². The van der Waals surface area contributed by atoms with Crippen molar-refractivity contribution in [3.63, 3.8) is 0 Å². The van der Waals surface area contributed by atoms with Crippen LogP contribution in [0.3, 0.4) is 0 Å². The molecular weight excluding hydrogens is 342 g/mol. The van der Waals surface area contributed by atoms with E-state index in [1.165, 1.54) is 11.3 Å². The summed E-state index contributed by atoms with van der Waals surface area (Å²) in [5.41, 5.74) is 0. The largest absolute Gasteiger partial charge is 0.481 e. The molecule has 1 saturated heterocycles. The number of aliphatic carboxylic acids is 1. The summed E-state index contributed by atoms with van der Waals surface area (Å²) >= 11 is 5.74. The molecule has 0 spiro atoms. The lowest BCUT2D eigenvalue weighted by molar-refractivity contribution is -0.133. The molecule has 1 N–H and O–H groups in total. The molecule has 98 valence electrons. The summed E-state index contributed by atoms with van der Waals surface area (Å²) in [6.07, 6.45) is 0.516. The molecule has 0 aliphatic carbocycles. The third-order valence-electron chi connectivity index (χ3n) is 2.37. The Morgan fingerprint density at radius 1 is 1.61 bits per heavy atom. The first-order valence-corrected chi connectivity index (χ1v) is 8.07. The first-order chi connectivity index (χ1) is 8.60. The van der Waals surface area contributed by atoms with Gasteiger partial charge < -0.3 is 5.11 Å². The zero-order valence-electron chi connectivity index (χ0n) is 9.21. The summed E-state index contributed by atoms with van der Waals surface area (Å²) in [6.45, 7) is 0.641. The lowest BCUT2D eigenvalue weighted by atomic mass is 10.2. The van der Waals surface area contributed by atoms with E-state index in [2.05, 4.69) is 26.1 Å². The number of alkyl halides is 1. The molecule has 0 aromatic carbocycles. The van der Waals surface area contributed by atoms with E-state index in [0.717, 1.165) is 17.1 Å². The van der Waals surface area contributed by atoms with Gasteiger partial charge in [0.1, 0.15) is 0 Å². The Kier molecular flexibility index (Phi) is 4.57. The number of rotatable bonds is 5. The summed E-state index contributed by atoms with van der Waals surface area (Å²) in [7, 11) is 0. The lowest BCUT2D eigenvalue weighted by Crippen LogP contribution is -2.24. The topological polar surface area (TPSA) is 83.4 Å². The predicted molar refractivity (Wildman–Crippen MR) is 72.5 cm³/mol. The molecule has 1 aliphatic heterocycles. The van der Waals surface area contributed by atoms with Gasteiger partial charge in [-0.25, -0.2) is 0 Å². The fraction of sp³-hybridized carbons (Fsp3) is 0.556. The molecule has 1 fully saturated rings. The van der Waals surface area contributed by atoms with E-state index < -0.39 is 5.97 Å². The number of hydrogen-bond acceptors (Lipinski definition) is 6. The number of nitrogens with zero attached hydrogens (tertiary/aromatic N) is 3. The van der Waals surface area contributed by atoms with Crippen molar-refractivity contribution in [2.24, 2.45) is 5.92 Å². The highest BCUT2D eigenvalue weighted by atomic mass is 79.9. The molecular formula is C9H10BrN3O3S2. The van der Waals surface area contributed by atoms with Gasteiger partial charge in [-0.05, 0) is 5.92 Å². The number of carbonyl (C=O) groups excluding carboxylic acids is 1. The molecule has 1 aliphatic rings. The number of thioether (sulfide) groups is 1. The molecule has 0 saturated carbocycles. The maximum atomic E-state index is 11.8. The maximum absolute atomic E-state index is 11.8. The Labute approximate surface area is 120 Å². The van der Waals surface area contributed by atoms with Gasteiger partial charge in [0.25, 0.3) is 0 Å². The Morgan fingerprint density at radius 2 is 2.39 bits per heavy atom. The quantitative estimate of drug-likeness (QED) is 0.491. The normalized spacial score (nSPS) is 19.5. The van der Waals surface area contributed by atoms with Crippen molar-refractivity contribution in [3.8, 4) is 0 Å². The van der Waals surface area contributed by atoms with E-state index >= 15 is 0 Å². The van der Waals surface area contributed by atoms with Crippen molar-refractivity contribution in [1.29, 1.82) is 0 Å². The highest BCUT2D eigenvalue weighted by molar-refractivity contribution is 9.09. The summed E-state index contributed by atoms with van der Waals surface area (Å²) < 4.78 is 0.572. The van der Waals surface area contributed by atoms with Crippen LogP contribution < -0.4 is 4.90 Å². The van der Waals surface area contributed by atoms with Gasteiger partial charge in [-0.1, -0.05) is 39.0 Å². The Hall–Kier alpha value is -0.670. The Morgan fingerprint density at radius 3 is 3.00 bits per heavy atom. The first kappa shape index (κ1) is 13.8. The number of aromatic nitrogens is 2. The summed E-state index contributed by atoms with van der Waals surface area (Å²) in [6, 6.07) is 0. The number of carboxylic acid groups (broad SMARTS) is 1. The molecule has 1 aromatic rings. The summed E-state index contributed by atoms with van der Waals surface area (Å²) in [4.78, 5) is 23.8. The smallest absolute Gasteiger partial charge is 0.313 e. The summed E-state index contributed by atoms with van der Waals surface area (Å²) in [5, 5.41) is 17.7. The van der Waals surface area contributed by atoms with Crippen molar-refractivity contribution in [1.82, 2.24) is 10.2 Å². The van der Waals surface area contributed by atoms with E-state index in [1.54, 1.807) is 4.90 Å². The highest BCUT2D eigenvalue weighted by Gasteiger charge is 2.32. The first-order valence-electron chi connectivity index (χ1n) is 5.14. The van der Waals surface area contributed by atoms with Crippen molar-refractivity contribution >= 4 is 56.0 Å². The molecule has 2 heterocycles. The number of amides is 1. The van der Waals surface area contributed by atoms with Crippen molar-refractivity contribution < 1.29 is 14.7 Å². The van der Waals surface area contributed by atoms with Gasteiger partial charge in [0, 0.05) is 18.3 Å². The van der Waals surface area contributed by atoms with Crippen LogP contribution in [0.25, 0.3) is 0 Å². The third-order valence-corrected chi connectivity index (χ3v) is 5.35. The second-order valence-electron chi connectivity index (χ2n) is 3.76. The van der Waals surface area contributed by atoms with Crippen LogP contribution in [-0.4, -0.2) is 44.8 Å². The molecule has 9 heteroatoms. The number of anilines is 1. The van der Waals surface area contributed by atoms with Crippen LogP contribution in [0.1, 0.15) is 6.42 Å². The Balaban J connectivity index is 2.01. The van der Waals surface area contributed by atoms with Gasteiger partial charge in [0.2, 0.25) is 11.0 Å². The predicted octanol–water partition coefficient (Wildman–Crippen LogP) is 1.46. The minimum Gasteiger partial charge on any atom is -0.481 e. The van der Waals surface area contributed by atoms with Gasteiger partial charge in [-0.15, -0.1) is 10.2 Å². The van der Waals surface area contributed by atoms with Crippen molar-refractivity contribution in [2.45, 2.75) is 10.8 Å². The van der Waals surface area contributed by atoms with Gasteiger partial charge in [-0.2, -0.15) is 0 Å². The zero-order valence-corrected chi connectivity index (χ0v) is 12.4. The molecule has 1 amide bonds. The fourth-order valence-electron chi connectivity index (χ4n) is 1.56. The molecule has 18 heavy (non-hydrogen) atoms. The monoisotopic (exact) mass is 351 g/mol. The average Bonchev–Trinajstić information content (AvgIpc) is 2.92. The lowest BCUT2D eigenvalue weighted by Gasteiger charge is -2.10. The van der Waals surface area contributed by atoms with E-state index in [9.17, 15) is 9.59 Å².